The van der Waals surface area contributed by atoms with Crippen LogP contribution in [0, 0.1) is 11.8 Å². The van der Waals surface area contributed by atoms with Crippen molar-refractivity contribution in [3.05, 3.63) is 36.4 Å². The number of hydrogen-bond donors (Lipinski definition) is 0. The molecule has 1 saturated heterocycles. The molecule has 1 nitrogen and oxygen atoms in total. The van der Waals surface area contributed by atoms with Crippen LogP contribution in [0.3, 0.4) is 0 Å². The van der Waals surface area contributed by atoms with E-state index >= 15 is 0 Å². The van der Waals surface area contributed by atoms with Crippen molar-refractivity contribution in [1.82, 2.24) is 0 Å². The molecule has 23 heavy (non-hydrogen) atoms. The Morgan fingerprint density at radius 1 is 0.870 bits per heavy atom. The molecular formula is C21H25OS+. The molecule has 120 valence electrons. The molecule has 3 fully saturated rings. The molecule has 5 rings (SSSR count). The molecule has 2 bridgehead atoms. The van der Waals surface area contributed by atoms with Crippen LogP contribution in [0.1, 0.15) is 38.5 Å². The fourth-order valence-corrected chi connectivity index (χ4v) is 7.19. The van der Waals surface area contributed by atoms with Gasteiger partial charge in [0.15, 0.2) is 4.90 Å². The Bertz CT molecular complexity index is 719. The molecule has 2 aliphatic carbocycles. The molecule has 2 saturated carbocycles. The number of fused-ring (bicyclic) bond motifs is 3. The first kappa shape index (κ1) is 14.2. The van der Waals surface area contributed by atoms with Gasteiger partial charge in [0.2, 0.25) is 0 Å². The molecule has 3 unspecified atom stereocenters. The third kappa shape index (κ3) is 2.65. The SMILES string of the molecule is c1cc2cc([S+]3CCCC3)ccc2cc1OC1CC2CCC1C2. The van der Waals surface area contributed by atoms with E-state index in [-0.39, 0.29) is 0 Å². The van der Waals surface area contributed by atoms with Crippen molar-refractivity contribution in [3.63, 3.8) is 0 Å². The fourth-order valence-electron chi connectivity index (χ4n) is 4.85. The van der Waals surface area contributed by atoms with Crippen LogP contribution in [0.5, 0.6) is 5.75 Å². The van der Waals surface area contributed by atoms with Gasteiger partial charge in [-0.1, -0.05) is 6.07 Å². The van der Waals surface area contributed by atoms with Gasteiger partial charge in [0, 0.05) is 17.0 Å². The summed E-state index contributed by atoms with van der Waals surface area (Å²) < 4.78 is 6.35. The zero-order valence-corrected chi connectivity index (χ0v) is 14.5. The lowest BCUT2D eigenvalue weighted by atomic mass is 9.97. The van der Waals surface area contributed by atoms with Gasteiger partial charge in [-0.05, 0) is 85.4 Å². The molecular weight excluding hydrogens is 300 g/mol. The summed E-state index contributed by atoms with van der Waals surface area (Å²) >= 11 is 0. The van der Waals surface area contributed by atoms with Gasteiger partial charge in [-0.3, -0.25) is 0 Å². The second-order valence-corrected chi connectivity index (χ2v) is 9.88. The van der Waals surface area contributed by atoms with Crippen molar-refractivity contribution in [2.45, 2.75) is 49.5 Å². The van der Waals surface area contributed by atoms with E-state index in [2.05, 4.69) is 36.4 Å². The number of ether oxygens (including phenoxy) is 1. The van der Waals surface area contributed by atoms with Crippen molar-refractivity contribution >= 4 is 21.7 Å². The Morgan fingerprint density at radius 2 is 1.70 bits per heavy atom. The zero-order chi connectivity index (χ0) is 15.2. The lowest BCUT2D eigenvalue weighted by molar-refractivity contribution is 0.138. The van der Waals surface area contributed by atoms with E-state index in [1.165, 1.54) is 60.8 Å². The van der Waals surface area contributed by atoms with Crippen molar-refractivity contribution in [2.24, 2.45) is 11.8 Å². The number of hydrogen-bond acceptors (Lipinski definition) is 1. The van der Waals surface area contributed by atoms with Gasteiger partial charge in [-0.2, -0.15) is 0 Å². The Labute approximate surface area is 141 Å². The highest BCUT2D eigenvalue weighted by atomic mass is 32.2. The van der Waals surface area contributed by atoms with E-state index in [9.17, 15) is 0 Å². The van der Waals surface area contributed by atoms with Crippen LogP contribution in [0.4, 0.5) is 0 Å². The zero-order valence-electron chi connectivity index (χ0n) is 13.7. The maximum atomic E-state index is 6.35. The Hall–Kier alpha value is -1.15. The van der Waals surface area contributed by atoms with Crippen molar-refractivity contribution in [3.8, 4) is 5.75 Å². The van der Waals surface area contributed by atoms with Crippen LogP contribution in [-0.4, -0.2) is 17.6 Å². The first-order valence-electron chi connectivity index (χ1n) is 9.23. The topological polar surface area (TPSA) is 9.23 Å². The third-order valence-electron chi connectivity index (χ3n) is 6.11. The summed E-state index contributed by atoms with van der Waals surface area (Å²) in [6.45, 7) is 0. The van der Waals surface area contributed by atoms with Crippen LogP contribution in [0.25, 0.3) is 10.8 Å². The molecule has 1 heterocycles. The van der Waals surface area contributed by atoms with Crippen molar-refractivity contribution in [1.29, 1.82) is 0 Å². The standard InChI is InChI=1S/C21H25OS/c1-2-10-23(9-1)20-8-6-16-13-19(7-5-17(16)14-20)22-21-12-15-3-4-18(21)11-15/h5-8,13-15,18,21H,1-4,9-12H2/q+1. The summed E-state index contributed by atoms with van der Waals surface area (Å²) in [7, 11) is 0.512. The van der Waals surface area contributed by atoms with Gasteiger partial charge in [-0.15, -0.1) is 0 Å². The van der Waals surface area contributed by atoms with Gasteiger partial charge in [0.05, 0.1) is 0 Å². The van der Waals surface area contributed by atoms with Gasteiger partial charge in [0.25, 0.3) is 0 Å². The molecule has 2 aromatic carbocycles. The predicted octanol–water partition coefficient (Wildman–Crippen LogP) is 5.18. The Kier molecular flexibility index (Phi) is 3.54. The van der Waals surface area contributed by atoms with Gasteiger partial charge < -0.3 is 4.74 Å². The van der Waals surface area contributed by atoms with Crippen LogP contribution < -0.4 is 4.74 Å². The molecule has 0 aromatic heterocycles. The molecule has 2 heteroatoms. The third-order valence-corrected chi connectivity index (χ3v) is 8.59. The number of benzene rings is 2. The van der Waals surface area contributed by atoms with Crippen LogP contribution in [0.15, 0.2) is 41.3 Å². The lowest BCUT2D eigenvalue weighted by Crippen LogP contribution is -2.23. The van der Waals surface area contributed by atoms with Gasteiger partial charge in [0.1, 0.15) is 23.4 Å². The summed E-state index contributed by atoms with van der Waals surface area (Å²) in [5.74, 6) is 5.64. The van der Waals surface area contributed by atoms with Crippen LogP contribution in [0.2, 0.25) is 0 Å². The smallest absolute Gasteiger partial charge is 0.155 e. The minimum atomic E-state index is 0.477. The summed E-state index contributed by atoms with van der Waals surface area (Å²) in [6.07, 6.45) is 8.82. The quantitative estimate of drug-likeness (QED) is 0.707. The highest BCUT2D eigenvalue weighted by Crippen LogP contribution is 2.46. The fraction of sp³-hybridized carbons (Fsp3) is 0.524. The average molecular weight is 325 g/mol. The second-order valence-electron chi connectivity index (χ2n) is 7.61. The van der Waals surface area contributed by atoms with Crippen LogP contribution >= 0.6 is 0 Å². The minimum absolute atomic E-state index is 0.477. The maximum absolute atomic E-state index is 6.35. The molecule has 3 aliphatic rings. The molecule has 1 aliphatic heterocycles. The summed E-state index contributed by atoms with van der Waals surface area (Å²) in [5.41, 5.74) is 0. The van der Waals surface area contributed by atoms with E-state index in [0.717, 1.165) is 17.6 Å². The largest absolute Gasteiger partial charge is 0.490 e. The first-order chi connectivity index (χ1) is 11.3. The summed E-state index contributed by atoms with van der Waals surface area (Å²) in [6, 6.07) is 13.8. The minimum Gasteiger partial charge on any atom is -0.490 e. The van der Waals surface area contributed by atoms with E-state index in [0.29, 0.717) is 17.0 Å². The van der Waals surface area contributed by atoms with Crippen molar-refractivity contribution in [2.75, 3.05) is 11.5 Å². The Balaban J connectivity index is 1.38. The van der Waals surface area contributed by atoms with Gasteiger partial charge in [-0.25, -0.2) is 0 Å². The van der Waals surface area contributed by atoms with Crippen LogP contribution in [-0.2, 0) is 10.9 Å². The monoisotopic (exact) mass is 325 g/mol. The molecule has 0 radical (unpaired) electrons. The number of rotatable bonds is 3. The van der Waals surface area contributed by atoms with E-state index < -0.39 is 0 Å². The van der Waals surface area contributed by atoms with Gasteiger partial charge >= 0.3 is 0 Å². The Morgan fingerprint density at radius 3 is 2.48 bits per heavy atom. The molecule has 2 aromatic rings. The van der Waals surface area contributed by atoms with Crippen molar-refractivity contribution < 1.29 is 4.74 Å². The normalized spacial score (nSPS) is 30.3. The molecule has 0 spiro atoms. The highest BCUT2D eigenvalue weighted by Gasteiger charge is 2.40. The first-order valence-corrected chi connectivity index (χ1v) is 10.8. The summed E-state index contributed by atoms with van der Waals surface area (Å²) in [5, 5.41) is 2.71. The lowest BCUT2D eigenvalue weighted by Gasteiger charge is -2.23. The molecule has 0 N–H and O–H groups in total. The molecule has 0 amide bonds. The second kappa shape index (κ2) is 5.73. The molecule has 3 atom stereocenters. The van der Waals surface area contributed by atoms with E-state index in [1.54, 1.807) is 4.90 Å². The van der Waals surface area contributed by atoms with E-state index in [4.69, 9.17) is 4.74 Å². The maximum Gasteiger partial charge on any atom is 0.155 e. The summed E-state index contributed by atoms with van der Waals surface area (Å²) in [4.78, 5) is 1.57. The van der Waals surface area contributed by atoms with E-state index in [1.807, 2.05) is 0 Å². The average Bonchev–Trinajstić information content (AvgIpc) is 3.32. The predicted molar refractivity (Wildman–Crippen MR) is 98.4 cm³/mol. The highest BCUT2D eigenvalue weighted by molar-refractivity contribution is 7.97.